The smallest absolute Gasteiger partial charge is 0.254 e. The Morgan fingerprint density at radius 1 is 1.43 bits per heavy atom. The van der Waals surface area contributed by atoms with E-state index in [0.717, 1.165) is 25.1 Å². The van der Waals surface area contributed by atoms with Gasteiger partial charge in [0, 0.05) is 24.2 Å². The van der Waals surface area contributed by atoms with Crippen LogP contribution in [-0.2, 0) is 0 Å². The number of aryl methyl sites for hydroxylation is 1. The fourth-order valence-electron chi connectivity index (χ4n) is 2.89. The van der Waals surface area contributed by atoms with Crippen molar-refractivity contribution in [3.8, 4) is 5.75 Å². The van der Waals surface area contributed by atoms with E-state index in [9.17, 15) is 9.90 Å². The fraction of sp³-hybridized carbons (Fsp3) is 0.588. The van der Waals surface area contributed by atoms with E-state index in [0.29, 0.717) is 11.6 Å². The number of phenols is 1. The fourth-order valence-corrected chi connectivity index (χ4v) is 2.89. The molecule has 0 aromatic heterocycles. The Kier molecular flexibility index (Phi) is 5.23. The number of piperidine rings is 1. The van der Waals surface area contributed by atoms with Crippen molar-refractivity contribution in [3.63, 3.8) is 0 Å². The molecule has 0 bridgehead atoms. The number of phenolic OH excluding ortho intramolecular Hbond substituents is 1. The van der Waals surface area contributed by atoms with Gasteiger partial charge < -0.3 is 15.3 Å². The summed E-state index contributed by atoms with van der Waals surface area (Å²) in [6, 6.07) is 5.50. The van der Waals surface area contributed by atoms with Gasteiger partial charge in [0.1, 0.15) is 5.75 Å². The molecule has 4 nitrogen and oxygen atoms in total. The molecule has 1 aliphatic heterocycles. The summed E-state index contributed by atoms with van der Waals surface area (Å²) < 4.78 is 0. The monoisotopic (exact) mass is 290 g/mol. The van der Waals surface area contributed by atoms with Crippen molar-refractivity contribution in [2.24, 2.45) is 0 Å². The maximum Gasteiger partial charge on any atom is 0.254 e. The Bertz CT molecular complexity index is 494. The number of nitrogens with one attached hydrogen (secondary N) is 1. The van der Waals surface area contributed by atoms with Crippen LogP contribution in [0.4, 0.5) is 0 Å². The number of hydrogen-bond donors (Lipinski definition) is 2. The predicted molar refractivity (Wildman–Crippen MR) is 84.7 cm³/mol. The molecule has 4 heteroatoms. The summed E-state index contributed by atoms with van der Waals surface area (Å²) in [7, 11) is 0. The van der Waals surface area contributed by atoms with Crippen molar-refractivity contribution >= 4 is 5.91 Å². The maximum atomic E-state index is 12.8. The van der Waals surface area contributed by atoms with Crippen LogP contribution in [0.15, 0.2) is 18.2 Å². The van der Waals surface area contributed by atoms with Gasteiger partial charge in [-0.05, 0) is 63.9 Å². The normalized spacial score (nSPS) is 18.8. The summed E-state index contributed by atoms with van der Waals surface area (Å²) in [4.78, 5) is 14.7. The highest BCUT2D eigenvalue weighted by molar-refractivity contribution is 5.96. The highest BCUT2D eigenvalue weighted by Gasteiger charge is 2.24. The summed E-state index contributed by atoms with van der Waals surface area (Å²) in [5.74, 6) is 0.254. The zero-order valence-electron chi connectivity index (χ0n) is 13.2. The summed E-state index contributed by atoms with van der Waals surface area (Å²) in [5.41, 5.74) is 1.50. The molecule has 1 aromatic carbocycles. The maximum absolute atomic E-state index is 12.8. The van der Waals surface area contributed by atoms with Gasteiger partial charge in [0.2, 0.25) is 0 Å². The van der Waals surface area contributed by atoms with Crippen molar-refractivity contribution in [3.05, 3.63) is 29.3 Å². The van der Waals surface area contributed by atoms with Gasteiger partial charge in [-0.1, -0.05) is 6.42 Å². The number of amides is 1. The van der Waals surface area contributed by atoms with E-state index in [-0.39, 0.29) is 17.7 Å². The Morgan fingerprint density at radius 3 is 2.76 bits per heavy atom. The number of benzene rings is 1. The molecule has 2 rings (SSSR count). The standard InChI is InChI=1S/C17H26N2O2/c1-12(2)19(11-14-6-4-5-9-18-14)17(21)16-8-7-15(20)10-13(16)3/h7-8,10,12,14,18,20H,4-6,9,11H2,1-3H3. The molecular weight excluding hydrogens is 264 g/mol. The van der Waals surface area contributed by atoms with Crippen LogP contribution >= 0.6 is 0 Å². The van der Waals surface area contributed by atoms with Crippen LogP contribution in [0.3, 0.4) is 0 Å². The lowest BCUT2D eigenvalue weighted by Gasteiger charge is -2.33. The third kappa shape index (κ3) is 3.97. The topological polar surface area (TPSA) is 52.6 Å². The average Bonchev–Trinajstić information content (AvgIpc) is 2.45. The van der Waals surface area contributed by atoms with Crippen LogP contribution in [-0.4, -0.2) is 41.1 Å². The molecule has 21 heavy (non-hydrogen) atoms. The summed E-state index contributed by atoms with van der Waals surface area (Å²) in [6.07, 6.45) is 3.59. The van der Waals surface area contributed by atoms with Crippen LogP contribution in [0, 0.1) is 6.92 Å². The van der Waals surface area contributed by atoms with E-state index < -0.39 is 0 Å². The molecule has 2 N–H and O–H groups in total. The molecule has 1 atom stereocenters. The van der Waals surface area contributed by atoms with Gasteiger partial charge in [-0.2, -0.15) is 0 Å². The van der Waals surface area contributed by atoms with Gasteiger partial charge in [0.05, 0.1) is 0 Å². The number of aromatic hydroxyl groups is 1. The number of nitrogens with zero attached hydrogens (tertiary/aromatic N) is 1. The van der Waals surface area contributed by atoms with E-state index in [1.54, 1.807) is 18.2 Å². The molecule has 0 aliphatic carbocycles. The molecule has 0 radical (unpaired) electrons. The number of hydrogen-bond acceptors (Lipinski definition) is 3. The molecule has 1 amide bonds. The molecule has 116 valence electrons. The Balaban J connectivity index is 2.14. The van der Waals surface area contributed by atoms with Gasteiger partial charge >= 0.3 is 0 Å². The lowest BCUT2D eigenvalue weighted by molar-refractivity contribution is 0.0676. The summed E-state index contributed by atoms with van der Waals surface area (Å²) >= 11 is 0. The lowest BCUT2D eigenvalue weighted by atomic mass is 10.0. The van der Waals surface area contributed by atoms with E-state index in [2.05, 4.69) is 19.2 Å². The lowest BCUT2D eigenvalue weighted by Crippen LogP contribution is -2.48. The number of carbonyl (C=O) groups excluding carboxylic acids is 1. The third-order valence-corrected chi connectivity index (χ3v) is 4.15. The van der Waals surface area contributed by atoms with Gasteiger partial charge in [-0.3, -0.25) is 4.79 Å². The van der Waals surface area contributed by atoms with Crippen LogP contribution in [0.2, 0.25) is 0 Å². The minimum Gasteiger partial charge on any atom is -0.508 e. The largest absolute Gasteiger partial charge is 0.508 e. The van der Waals surface area contributed by atoms with Crippen molar-refractivity contribution in [2.75, 3.05) is 13.1 Å². The molecule has 0 saturated carbocycles. The second kappa shape index (κ2) is 6.94. The van der Waals surface area contributed by atoms with Crippen LogP contribution in [0.5, 0.6) is 5.75 Å². The first kappa shape index (κ1) is 15.8. The highest BCUT2D eigenvalue weighted by Crippen LogP contribution is 2.19. The molecular formula is C17H26N2O2. The van der Waals surface area contributed by atoms with Gasteiger partial charge in [0.25, 0.3) is 5.91 Å². The number of rotatable bonds is 4. The van der Waals surface area contributed by atoms with E-state index in [4.69, 9.17) is 0 Å². The van der Waals surface area contributed by atoms with Crippen molar-refractivity contribution in [1.82, 2.24) is 10.2 Å². The zero-order valence-corrected chi connectivity index (χ0v) is 13.2. The minimum absolute atomic E-state index is 0.0508. The van der Waals surface area contributed by atoms with E-state index in [1.165, 1.54) is 12.8 Å². The van der Waals surface area contributed by atoms with Crippen molar-refractivity contribution in [2.45, 2.75) is 52.1 Å². The summed E-state index contributed by atoms with van der Waals surface area (Å²) in [5, 5.41) is 13.0. The van der Waals surface area contributed by atoms with Gasteiger partial charge in [-0.15, -0.1) is 0 Å². The van der Waals surface area contributed by atoms with Crippen LogP contribution < -0.4 is 5.32 Å². The van der Waals surface area contributed by atoms with E-state index >= 15 is 0 Å². The molecule has 1 unspecified atom stereocenters. The first-order valence-electron chi connectivity index (χ1n) is 7.83. The summed E-state index contributed by atoms with van der Waals surface area (Å²) in [6.45, 7) is 7.76. The third-order valence-electron chi connectivity index (χ3n) is 4.15. The second-order valence-electron chi connectivity index (χ2n) is 6.20. The predicted octanol–water partition coefficient (Wildman–Crippen LogP) is 2.69. The van der Waals surface area contributed by atoms with Crippen LogP contribution in [0.1, 0.15) is 49.0 Å². The zero-order chi connectivity index (χ0) is 15.4. The first-order valence-corrected chi connectivity index (χ1v) is 7.83. The van der Waals surface area contributed by atoms with Crippen molar-refractivity contribution in [1.29, 1.82) is 0 Å². The average molecular weight is 290 g/mol. The first-order chi connectivity index (χ1) is 9.99. The molecule has 0 spiro atoms. The molecule has 1 aromatic rings. The molecule has 1 fully saturated rings. The quantitative estimate of drug-likeness (QED) is 0.896. The SMILES string of the molecule is Cc1cc(O)ccc1C(=O)N(CC1CCCCN1)C(C)C. The van der Waals surface area contributed by atoms with Gasteiger partial charge in [0.15, 0.2) is 0 Å². The molecule has 1 saturated heterocycles. The minimum atomic E-state index is 0.0508. The Labute approximate surface area is 127 Å². The molecule has 1 aliphatic rings. The van der Waals surface area contributed by atoms with Gasteiger partial charge in [-0.25, -0.2) is 0 Å². The van der Waals surface area contributed by atoms with E-state index in [1.807, 2.05) is 11.8 Å². The molecule has 1 heterocycles. The van der Waals surface area contributed by atoms with Crippen LogP contribution in [0.25, 0.3) is 0 Å². The number of carbonyl (C=O) groups is 1. The highest BCUT2D eigenvalue weighted by atomic mass is 16.3. The Morgan fingerprint density at radius 2 is 2.19 bits per heavy atom. The van der Waals surface area contributed by atoms with Crippen molar-refractivity contribution < 1.29 is 9.90 Å². The second-order valence-corrected chi connectivity index (χ2v) is 6.20. The Hall–Kier alpha value is -1.55.